The van der Waals surface area contributed by atoms with Crippen LogP contribution in [0.15, 0.2) is 224 Å². The monoisotopic (exact) mass is 847 g/mol. The molecule has 0 aliphatic rings. The molecule has 5 nitrogen and oxygen atoms in total. The highest BCUT2D eigenvalue weighted by Crippen LogP contribution is 2.41. The molecule has 13 aromatic rings. The molecule has 0 spiro atoms. The summed E-state index contributed by atoms with van der Waals surface area (Å²) < 4.78 is 7.17. The van der Waals surface area contributed by atoms with Gasteiger partial charge >= 0.3 is 0 Å². The molecule has 0 fully saturated rings. The van der Waals surface area contributed by atoms with Gasteiger partial charge in [0.25, 0.3) is 0 Å². The van der Waals surface area contributed by atoms with Crippen LogP contribution in [0.25, 0.3) is 121 Å². The minimum atomic E-state index is 0.717. The molecule has 4 heterocycles. The SMILES string of the molecule is c1ccc(-c2cc(-c3ccccc3)nc(-c3ccc4sc5cc(-c6ccc7c(c6)c6ccccc6n7-c6cccc(-n7c(-c8ccccc8)nc8ccccc87)c6)ccc5c4c3)n2)cc1. The quantitative estimate of drug-likeness (QED) is 0.161. The molecule has 0 aliphatic carbocycles. The van der Waals surface area contributed by atoms with Crippen LogP contribution in [-0.4, -0.2) is 24.1 Å². The molecule has 0 unspecified atom stereocenters. The summed E-state index contributed by atoms with van der Waals surface area (Å²) in [5, 5.41) is 4.88. The Hall–Kier alpha value is -8.45. The molecule has 0 atom stereocenters. The average Bonchev–Trinajstić information content (AvgIpc) is 4.06. The number of para-hydroxylation sites is 3. The van der Waals surface area contributed by atoms with Crippen molar-refractivity contribution in [2.75, 3.05) is 0 Å². The molecule has 304 valence electrons. The number of thiophene rings is 1. The van der Waals surface area contributed by atoms with Crippen molar-refractivity contribution in [3.63, 3.8) is 0 Å². The highest BCUT2D eigenvalue weighted by Gasteiger charge is 2.19. The van der Waals surface area contributed by atoms with Crippen molar-refractivity contribution in [1.29, 1.82) is 0 Å². The van der Waals surface area contributed by atoms with Gasteiger partial charge in [0.1, 0.15) is 5.82 Å². The van der Waals surface area contributed by atoms with Crippen molar-refractivity contribution in [3.05, 3.63) is 224 Å². The molecule has 4 aromatic heterocycles. The van der Waals surface area contributed by atoms with E-state index in [4.69, 9.17) is 15.0 Å². The van der Waals surface area contributed by atoms with Gasteiger partial charge < -0.3 is 4.57 Å². The summed E-state index contributed by atoms with van der Waals surface area (Å²) >= 11 is 1.83. The summed E-state index contributed by atoms with van der Waals surface area (Å²) in [7, 11) is 0. The molecular weight excluding hydrogens is 811 g/mol. The molecular formula is C59H37N5S. The summed E-state index contributed by atoms with van der Waals surface area (Å²) in [5.74, 6) is 1.64. The van der Waals surface area contributed by atoms with E-state index in [-0.39, 0.29) is 0 Å². The number of hydrogen-bond acceptors (Lipinski definition) is 4. The molecule has 0 radical (unpaired) electrons. The summed E-state index contributed by atoms with van der Waals surface area (Å²) in [6, 6.07) is 79.7. The molecule has 0 N–H and O–H groups in total. The zero-order valence-electron chi connectivity index (χ0n) is 35.0. The molecule has 65 heavy (non-hydrogen) atoms. The van der Waals surface area contributed by atoms with E-state index in [0.717, 1.165) is 73.2 Å². The van der Waals surface area contributed by atoms with Crippen LogP contribution in [-0.2, 0) is 0 Å². The Morgan fingerprint density at radius 2 is 0.892 bits per heavy atom. The first-order chi connectivity index (χ1) is 32.2. The Kier molecular flexibility index (Phi) is 8.64. The lowest BCUT2D eigenvalue weighted by Crippen LogP contribution is -2.00. The van der Waals surface area contributed by atoms with E-state index in [2.05, 4.69) is 215 Å². The smallest absolute Gasteiger partial charge is 0.160 e. The Bertz CT molecular complexity index is 3880. The average molecular weight is 848 g/mol. The van der Waals surface area contributed by atoms with Crippen molar-refractivity contribution in [2.24, 2.45) is 0 Å². The van der Waals surface area contributed by atoms with Crippen LogP contribution in [0.2, 0.25) is 0 Å². The van der Waals surface area contributed by atoms with E-state index in [0.29, 0.717) is 0 Å². The third-order valence-corrected chi connectivity index (χ3v) is 13.7. The first-order valence-corrected chi connectivity index (χ1v) is 22.7. The van der Waals surface area contributed by atoms with E-state index in [9.17, 15) is 0 Å². The molecule has 13 rings (SSSR count). The van der Waals surface area contributed by atoms with E-state index >= 15 is 0 Å². The fraction of sp³-hybridized carbons (Fsp3) is 0. The first-order valence-electron chi connectivity index (χ1n) is 21.8. The second-order valence-corrected chi connectivity index (χ2v) is 17.5. The largest absolute Gasteiger partial charge is 0.309 e. The second kappa shape index (κ2) is 15.1. The van der Waals surface area contributed by atoms with Crippen LogP contribution < -0.4 is 0 Å². The zero-order chi connectivity index (χ0) is 42.8. The predicted molar refractivity (Wildman–Crippen MR) is 271 cm³/mol. The topological polar surface area (TPSA) is 48.5 Å². The number of imidazole rings is 1. The lowest BCUT2D eigenvalue weighted by molar-refractivity contribution is 1.09. The second-order valence-electron chi connectivity index (χ2n) is 16.4. The van der Waals surface area contributed by atoms with Crippen molar-refractivity contribution in [1.82, 2.24) is 24.1 Å². The van der Waals surface area contributed by atoms with Crippen LogP contribution in [0.5, 0.6) is 0 Å². The van der Waals surface area contributed by atoms with E-state index in [1.165, 1.54) is 47.6 Å². The molecule has 9 aromatic carbocycles. The molecule has 0 aliphatic heterocycles. The van der Waals surface area contributed by atoms with E-state index in [1.54, 1.807) is 0 Å². The first kappa shape index (κ1) is 37.1. The van der Waals surface area contributed by atoms with Gasteiger partial charge in [-0.2, -0.15) is 0 Å². The van der Waals surface area contributed by atoms with Gasteiger partial charge in [0.2, 0.25) is 0 Å². The zero-order valence-corrected chi connectivity index (χ0v) is 35.8. The third kappa shape index (κ3) is 6.34. The maximum atomic E-state index is 5.12. The summed E-state index contributed by atoms with van der Waals surface area (Å²) in [6.45, 7) is 0. The van der Waals surface area contributed by atoms with Crippen molar-refractivity contribution >= 4 is 64.3 Å². The summed E-state index contributed by atoms with van der Waals surface area (Å²) in [6.07, 6.45) is 0. The van der Waals surface area contributed by atoms with Crippen LogP contribution in [0.4, 0.5) is 0 Å². The Balaban J connectivity index is 0.893. The number of nitrogens with zero attached hydrogens (tertiary/aromatic N) is 5. The fourth-order valence-corrected chi connectivity index (χ4v) is 10.6. The van der Waals surface area contributed by atoms with E-state index < -0.39 is 0 Å². The molecule has 6 heteroatoms. The maximum Gasteiger partial charge on any atom is 0.160 e. The molecule has 0 bridgehead atoms. The maximum absolute atomic E-state index is 5.12. The predicted octanol–water partition coefficient (Wildman–Crippen LogP) is 15.6. The lowest BCUT2D eigenvalue weighted by atomic mass is 10.0. The van der Waals surface area contributed by atoms with Gasteiger partial charge in [-0.05, 0) is 90.0 Å². The fourth-order valence-electron chi connectivity index (χ4n) is 9.46. The molecule has 0 saturated heterocycles. The van der Waals surface area contributed by atoms with Gasteiger partial charge in [0, 0.05) is 64.6 Å². The van der Waals surface area contributed by atoms with Crippen LogP contribution in [0.3, 0.4) is 0 Å². The van der Waals surface area contributed by atoms with Crippen molar-refractivity contribution < 1.29 is 0 Å². The summed E-state index contributed by atoms with van der Waals surface area (Å²) in [5.41, 5.74) is 14.9. The number of rotatable bonds is 7. The number of hydrogen-bond donors (Lipinski definition) is 0. The lowest BCUT2D eigenvalue weighted by Gasteiger charge is -2.13. The Labute approximate surface area is 378 Å². The third-order valence-electron chi connectivity index (χ3n) is 12.5. The number of aromatic nitrogens is 5. The van der Waals surface area contributed by atoms with Gasteiger partial charge in [-0.3, -0.25) is 4.57 Å². The van der Waals surface area contributed by atoms with Gasteiger partial charge in [-0.25, -0.2) is 15.0 Å². The number of benzene rings is 9. The molecule has 0 saturated carbocycles. The summed E-state index contributed by atoms with van der Waals surface area (Å²) in [4.78, 5) is 15.4. The van der Waals surface area contributed by atoms with E-state index in [1.807, 2.05) is 29.5 Å². The standard InChI is InChI=1S/C59H37N5S/c1-4-15-38(16-5-1)51-37-52(39-17-6-2-7-18-39)61-58(60-51)43-29-32-56-49(34-43)47-30-27-42(35-57(47)65-56)41-28-31-54-48(33-41)46-23-10-12-25-53(46)63(54)44-21-14-22-45(36-44)64-55-26-13-11-24-50(55)62-59(64)40-19-8-3-9-20-40/h1-37H. The van der Waals surface area contributed by atoms with Crippen LogP contribution >= 0.6 is 11.3 Å². The Morgan fingerprint density at radius 3 is 1.65 bits per heavy atom. The minimum Gasteiger partial charge on any atom is -0.309 e. The van der Waals surface area contributed by atoms with Gasteiger partial charge in [0.15, 0.2) is 5.82 Å². The van der Waals surface area contributed by atoms with Crippen molar-refractivity contribution in [2.45, 2.75) is 0 Å². The molecule has 0 amide bonds. The normalized spacial score (nSPS) is 11.7. The van der Waals surface area contributed by atoms with Gasteiger partial charge in [0.05, 0.1) is 33.5 Å². The minimum absolute atomic E-state index is 0.717. The highest BCUT2D eigenvalue weighted by atomic mass is 32.1. The van der Waals surface area contributed by atoms with Gasteiger partial charge in [-0.1, -0.05) is 146 Å². The highest BCUT2D eigenvalue weighted by molar-refractivity contribution is 7.25. The Morgan fingerprint density at radius 1 is 0.308 bits per heavy atom. The van der Waals surface area contributed by atoms with Crippen molar-refractivity contribution in [3.8, 4) is 67.8 Å². The number of fused-ring (bicyclic) bond motifs is 7. The van der Waals surface area contributed by atoms with Crippen LogP contribution in [0, 0.1) is 0 Å². The van der Waals surface area contributed by atoms with Crippen LogP contribution in [0.1, 0.15) is 0 Å². The van der Waals surface area contributed by atoms with Gasteiger partial charge in [-0.15, -0.1) is 11.3 Å².